The van der Waals surface area contributed by atoms with Crippen LogP contribution in [0.25, 0.3) is 0 Å². The third-order valence-corrected chi connectivity index (χ3v) is 3.49. The van der Waals surface area contributed by atoms with Crippen molar-refractivity contribution in [2.75, 3.05) is 7.05 Å². The van der Waals surface area contributed by atoms with Gasteiger partial charge >= 0.3 is 0 Å². The maximum absolute atomic E-state index is 4.46. The van der Waals surface area contributed by atoms with Gasteiger partial charge in [0.15, 0.2) is 0 Å². The number of nitrogens with one attached hydrogen (secondary N) is 2. The molecule has 2 aliphatic rings. The van der Waals surface area contributed by atoms with Crippen LogP contribution in [-0.4, -0.2) is 17.2 Å². The van der Waals surface area contributed by atoms with E-state index in [0.717, 1.165) is 0 Å². The van der Waals surface area contributed by atoms with E-state index in [1.165, 1.54) is 49.1 Å². The maximum atomic E-state index is 4.46. The van der Waals surface area contributed by atoms with Crippen LogP contribution in [0.15, 0.2) is 0 Å². The summed E-state index contributed by atoms with van der Waals surface area (Å²) in [6, 6.07) is 0. The Morgan fingerprint density at radius 2 is 2.23 bits per heavy atom. The van der Waals surface area contributed by atoms with Crippen LogP contribution in [0.2, 0.25) is 0 Å². The summed E-state index contributed by atoms with van der Waals surface area (Å²) in [5.41, 5.74) is 4.44. The number of hydrogen-bond donors (Lipinski definition) is 2. The zero-order valence-electron chi connectivity index (χ0n) is 7.98. The molecule has 0 atom stereocenters. The molecule has 3 rings (SSSR count). The van der Waals surface area contributed by atoms with E-state index < -0.39 is 0 Å². The van der Waals surface area contributed by atoms with Gasteiger partial charge in [0.2, 0.25) is 0 Å². The molecule has 1 aromatic rings. The molecule has 13 heavy (non-hydrogen) atoms. The van der Waals surface area contributed by atoms with Gasteiger partial charge in [-0.25, -0.2) is 0 Å². The average molecular weight is 177 g/mol. The highest BCUT2D eigenvalue weighted by atomic mass is 15.2. The highest BCUT2D eigenvalue weighted by molar-refractivity contribution is 5.37. The van der Waals surface area contributed by atoms with Crippen molar-refractivity contribution in [1.82, 2.24) is 15.5 Å². The summed E-state index contributed by atoms with van der Waals surface area (Å²) in [7, 11) is 2.04. The molecule has 1 saturated carbocycles. The number of nitrogens with zero attached hydrogens (tertiary/aromatic N) is 1. The molecule has 3 heteroatoms. The monoisotopic (exact) mass is 177 g/mol. The van der Waals surface area contributed by atoms with Crippen LogP contribution in [0.5, 0.6) is 0 Å². The lowest BCUT2D eigenvalue weighted by atomic mass is 10.1. The highest BCUT2D eigenvalue weighted by Gasteiger charge is 2.47. The maximum Gasteiger partial charge on any atom is 0.0857 e. The number of rotatable bonds is 2. The Morgan fingerprint density at radius 1 is 1.38 bits per heavy atom. The van der Waals surface area contributed by atoms with Gasteiger partial charge in [-0.3, -0.25) is 5.10 Å². The third-order valence-electron chi connectivity index (χ3n) is 3.49. The van der Waals surface area contributed by atoms with Crippen LogP contribution in [0.3, 0.4) is 0 Å². The van der Waals surface area contributed by atoms with Gasteiger partial charge in [-0.05, 0) is 44.7 Å². The molecule has 2 N–H and O–H groups in total. The normalized spacial score (nSPS) is 23.2. The van der Waals surface area contributed by atoms with Crippen LogP contribution in [0.1, 0.15) is 36.2 Å². The van der Waals surface area contributed by atoms with Gasteiger partial charge < -0.3 is 5.32 Å². The Labute approximate surface area is 77.9 Å². The van der Waals surface area contributed by atoms with Gasteiger partial charge in [0.25, 0.3) is 0 Å². The molecule has 3 nitrogen and oxygen atoms in total. The first-order valence-corrected chi connectivity index (χ1v) is 5.11. The summed E-state index contributed by atoms with van der Waals surface area (Å²) in [5, 5.41) is 11.0. The summed E-state index contributed by atoms with van der Waals surface area (Å²) in [5.74, 6) is 0. The SMILES string of the molecule is CNC1(c2n[nH]c3c2CCC3)CC1. The van der Waals surface area contributed by atoms with Gasteiger partial charge in [-0.2, -0.15) is 5.10 Å². The topological polar surface area (TPSA) is 40.7 Å². The fourth-order valence-electron chi connectivity index (χ4n) is 2.45. The Balaban J connectivity index is 2.05. The van der Waals surface area contributed by atoms with Gasteiger partial charge in [-0.1, -0.05) is 0 Å². The van der Waals surface area contributed by atoms with Crippen molar-refractivity contribution in [1.29, 1.82) is 0 Å². The van der Waals surface area contributed by atoms with Gasteiger partial charge in [0, 0.05) is 5.69 Å². The Bertz CT molecular complexity index is 336. The quantitative estimate of drug-likeness (QED) is 0.710. The third kappa shape index (κ3) is 0.908. The van der Waals surface area contributed by atoms with Crippen LogP contribution < -0.4 is 5.32 Å². The molecule has 70 valence electrons. The molecule has 0 aromatic carbocycles. The molecule has 1 heterocycles. The summed E-state index contributed by atoms with van der Waals surface area (Å²) in [6.45, 7) is 0. The molecule has 0 bridgehead atoms. The number of fused-ring (bicyclic) bond motifs is 1. The van der Waals surface area contributed by atoms with E-state index in [-0.39, 0.29) is 5.54 Å². The summed E-state index contributed by atoms with van der Waals surface area (Å²) < 4.78 is 0. The lowest BCUT2D eigenvalue weighted by molar-refractivity contribution is 0.559. The van der Waals surface area contributed by atoms with Crippen LogP contribution in [-0.2, 0) is 18.4 Å². The Hall–Kier alpha value is -0.830. The van der Waals surface area contributed by atoms with Crippen molar-refractivity contribution in [3.63, 3.8) is 0 Å². The molecule has 0 amide bonds. The van der Waals surface area contributed by atoms with Gasteiger partial charge in [0.1, 0.15) is 0 Å². The number of hydrogen-bond acceptors (Lipinski definition) is 2. The second kappa shape index (κ2) is 2.35. The van der Waals surface area contributed by atoms with Crippen LogP contribution in [0, 0.1) is 0 Å². The zero-order chi connectivity index (χ0) is 8.89. The molecule has 0 unspecified atom stereocenters. The number of aromatic amines is 1. The predicted octanol–water partition coefficient (Wildman–Crippen LogP) is 1.11. The van der Waals surface area contributed by atoms with Crippen molar-refractivity contribution >= 4 is 0 Å². The van der Waals surface area contributed by atoms with E-state index >= 15 is 0 Å². The molecule has 0 spiro atoms. The number of H-pyrrole nitrogens is 1. The summed E-state index contributed by atoms with van der Waals surface area (Å²) in [6.07, 6.45) is 6.23. The van der Waals surface area contributed by atoms with Gasteiger partial charge in [-0.15, -0.1) is 0 Å². The van der Waals surface area contributed by atoms with Crippen molar-refractivity contribution in [3.05, 3.63) is 17.0 Å². The lowest BCUT2D eigenvalue weighted by Gasteiger charge is -2.12. The van der Waals surface area contributed by atoms with E-state index in [1.54, 1.807) is 0 Å². The first-order valence-electron chi connectivity index (χ1n) is 5.11. The molecule has 1 fully saturated rings. The largest absolute Gasteiger partial charge is 0.309 e. The molecule has 0 saturated heterocycles. The smallest absolute Gasteiger partial charge is 0.0857 e. The fourth-order valence-corrected chi connectivity index (χ4v) is 2.45. The molecule has 0 radical (unpaired) electrons. The minimum absolute atomic E-state index is 0.244. The Morgan fingerprint density at radius 3 is 2.92 bits per heavy atom. The summed E-state index contributed by atoms with van der Waals surface area (Å²) in [4.78, 5) is 0. The van der Waals surface area contributed by atoms with Crippen molar-refractivity contribution in [3.8, 4) is 0 Å². The molecule has 0 aliphatic heterocycles. The second-order valence-electron chi connectivity index (χ2n) is 4.21. The van der Waals surface area contributed by atoms with Crippen molar-refractivity contribution < 1.29 is 0 Å². The van der Waals surface area contributed by atoms with Gasteiger partial charge in [0.05, 0.1) is 11.2 Å². The summed E-state index contributed by atoms with van der Waals surface area (Å²) >= 11 is 0. The first kappa shape index (κ1) is 7.56. The van der Waals surface area contributed by atoms with E-state index in [1.807, 2.05) is 7.05 Å². The predicted molar refractivity (Wildman–Crippen MR) is 50.6 cm³/mol. The first-order chi connectivity index (χ1) is 6.36. The molecular formula is C10H15N3. The van der Waals surface area contributed by atoms with E-state index in [4.69, 9.17) is 0 Å². The van der Waals surface area contributed by atoms with Crippen LogP contribution in [0.4, 0.5) is 0 Å². The molecule has 1 aromatic heterocycles. The minimum atomic E-state index is 0.244. The lowest BCUT2D eigenvalue weighted by Crippen LogP contribution is -2.26. The number of aryl methyl sites for hydroxylation is 1. The standard InChI is InChI=1S/C10H15N3/c1-11-10(5-6-10)9-7-3-2-4-8(7)12-13-9/h11H,2-6H2,1H3,(H,12,13). The average Bonchev–Trinajstić information content (AvgIpc) is 2.62. The van der Waals surface area contributed by atoms with Crippen molar-refractivity contribution in [2.45, 2.75) is 37.6 Å². The molecule has 2 aliphatic carbocycles. The van der Waals surface area contributed by atoms with Crippen LogP contribution >= 0.6 is 0 Å². The van der Waals surface area contributed by atoms with E-state index in [0.29, 0.717) is 0 Å². The number of aromatic nitrogens is 2. The Kier molecular flexibility index (Phi) is 1.37. The van der Waals surface area contributed by atoms with E-state index in [9.17, 15) is 0 Å². The van der Waals surface area contributed by atoms with E-state index in [2.05, 4.69) is 15.5 Å². The zero-order valence-corrected chi connectivity index (χ0v) is 7.98. The highest BCUT2D eigenvalue weighted by Crippen LogP contribution is 2.47. The molecular weight excluding hydrogens is 162 g/mol. The minimum Gasteiger partial charge on any atom is -0.309 e. The second-order valence-corrected chi connectivity index (χ2v) is 4.21. The van der Waals surface area contributed by atoms with Crippen molar-refractivity contribution in [2.24, 2.45) is 0 Å². The fraction of sp³-hybridized carbons (Fsp3) is 0.700.